The van der Waals surface area contributed by atoms with E-state index in [4.69, 9.17) is 22.1 Å². The fourth-order valence-corrected chi connectivity index (χ4v) is 1.61. The second kappa shape index (κ2) is 6.96. The summed E-state index contributed by atoms with van der Waals surface area (Å²) < 4.78 is 5.64. The van der Waals surface area contributed by atoms with Crippen LogP contribution in [-0.4, -0.2) is 25.7 Å². The number of hydrogen-bond acceptors (Lipinski definition) is 3. The van der Waals surface area contributed by atoms with Crippen LogP contribution in [-0.2, 0) is 9.53 Å². The number of amides is 1. The van der Waals surface area contributed by atoms with E-state index in [1.54, 1.807) is 25.3 Å². The lowest BCUT2D eigenvalue weighted by molar-refractivity contribution is -0.117. The number of carbonyl (C=O) groups is 1. The molecule has 0 aromatic heterocycles. The van der Waals surface area contributed by atoms with Gasteiger partial charge in [-0.25, -0.2) is 0 Å². The molecule has 0 radical (unpaired) electrons. The SMILES string of the molecule is COCCC(N)C(=O)Nc1ccc(Br)c(Cl)c1. The lowest BCUT2D eigenvalue weighted by Gasteiger charge is -2.12. The number of halogens is 2. The van der Waals surface area contributed by atoms with Crippen molar-refractivity contribution < 1.29 is 9.53 Å². The molecule has 0 aliphatic heterocycles. The van der Waals surface area contributed by atoms with Crippen LogP contribution in [0.4, 0.5) is 5.69 Å². The Labute approximate surface area is 114 Å². The number of carbonyl (C=O) groups excluding carboxylic acids is 1. The topological polar surface area (TPSA) is 64.3 Å². The molecule has 0 fully saturated rings. The summed E-state index contributed by atoms with van der Waals surface area (Å²) in [5, 5.41) is 3.23. The van der Waals surface area contributed by atoms with Crippen molar-refractivity contribution in [2.75, 3.05) is 19.0 Å². The third-order valence-electron chi connectivity index (χ3n) is 2.16. The van der Waals surface area contributed by atoms with E-state index < -0.39 is 6.04 Å². The summed E-state index contributed by atoms with van der Waals surface area (Å²) in [6, 6.07) is 4.58. The van der Waals surface area contributed by atoms with Crippen molar-refractivity contribution >= 4 is 39.1 Å². The third-order valence-corrected chi connectivity index (χ3v) is 3.39. The molecule has 4 nitrogen and oxygen atoms in total. The van der Waals surface area contributed by atoms with Crippen LogP contribution in [0, 0.1) is 0 Å². The van der Waals surface area contributed by atoms with E-state index in [-0.39, 0.29) is 5.91 Å². The molecular weight excluding hydrogens is 307 g/mol. The van der Waals surface area contributed by atoms with Crippen LogP contribution < -0.4 is 11.1 Å². The highest BCUT2D eigenvalue weighted by molar-refractivity contribution is 9.10. The van der Waals surface area contributed by atoms with Gasteiger partial charge in [0.2, 0.25) is 5.91 Å². The molecule has 0 saturated heterocycles. The van der Waals surface area contributed by atoms with Crippen LogP contribution in [0.5, 0.6) is 0 Å². The largest absolute Gasteiger partial charge is 0.385 e. The van der Waals surface area contributed by atoms with Crippen molar-refractivity contribution in [3.63, 3.8) is 0 Å². The van der Waals surface area contributed by atoms with Gasteiger partial charge in [-0.05, 0) is 40.5 Å². The van der Waals surface area contributed by atoms with Crippen LogP contribution in [0.25, 0.3) is 0 Å². The van der Waals surface area contributed by atoms with E-state index in [1.807, 2.05) is 0 Å². The molecule has 17 heavy (non-hydrogen) atoms. The zero-order valence-electron chi connectivity index (χ0n) is 9.37. The van der Waals surface area contributed by atoms with Crippen molar-refractivity contribution in [3.8, 4) is 0 Å². The van der Waals surface area contributed by atoms with E-state index in [0.29, 0.717) is 23.7 Å². The quantitative estimate of drug-likeness (QED) is 0.875. The summed E-state index contributed by atoms with van der Waals surface area (Å²) >= 11 is 9.18. The van der Waals surface area contributed by atoms with Crippen molar-refractivity contribution in [2.24, 2.45) is 5.73 Å². The zero-order valence-corrected chi connectivity index (χ0v) is 11.7. The highest BCUT2D eigenvalue weighted by Gasteiger charge is 2.13. The molecule has 1 atom stereocenters. The standard InChI is InChI=1S/C11H14BrClN2O2/c1-17-5-4-10(14)11(16)15-7-2-3-8(12)9(13)6-7/h2-3,6,10H,4-5,14H2,1H3,(H,15,16). The molecule has 1 aromatic carbocycles. The van der Waals surface area contributed by atoms with Crippen LogP contribution >= 0.6 is 27.5 Å². The Hall–Kier alpha value is -0.620. The Kier molecular flexibility index (Phi) is 5.91. The molecule has 0 bridgehead atoms. The van der Waals surface area contributed by atoms with Gasteiger partial charge in [0.1, 0.15) is 0 Å². The monoisotopic (exact) mass is 320 g/mol. The summed E-state index contributed by atoms with van der Waals surface area (Å²) in [5.41, 5.74) is 6.31. The van der Waals surface area contributed by atoms with Crippen LogP contribution in [0.2, 0.25) is 5.02 Å². The lowest BCUT2D eigenvalue weighted by atomic mass is 10.2. The van der Waals surface area contributed by atoms with Gasteiger partial charge in [-0.1, -0.05) is 11.6 Å². The number of nitrogens with one attached hydrogen (secondary N) is 1. The summed E-state index contributed by atoms with van der Waals surface area (Å²) in [5.74, 6) is -0.250. The Balaban J connectivity index is 2.58. The van der Waals surface area contributed by atoms with Gasteiger partial charge in [0.05, 0.1) is 11.1 Å². The molecule has 1 amide bonds. The molecule has 6 heteroatoms. The zero-order chi connectivity index (χ0) is 12.8. The minimum absolute atomic E-state index is 0.250. The molecular formula is C11H14BrClN2O2. The predicted octanol–water partition coefficient (Wildman–Crippen LogP) is 2.40. The number of rotatable bonds is 5. The van der Waals surface area contributed by atoms with Gasteiger partial charge in [-0.15, -0.1) is 0 Å². The molecule has 1 unspecified atom stereocenters. The summed E-state index contributed by atoms with van der Waals surface area (Å²) in [6.45, 7) is 0.454. The highest BCUT2D eigenvalue weighted by Crippen LogP contribution is 2.25. The maximum Gasteiger partial charge on any atom is 0.241 e. The smallest absolute Gasteiger partial charge is 0.241 e. The first-order chi connectivity index (χ1) is 8.04. The first kappa shape index (κ1) is 14.4. The maximum absolute atomic E-state index is 11.7. The van der Waals surface area contributed by atoms with Crippen LogP contribution in [0.1, 0.15) is 6.42 Å². The van der Waals surface area contributed by atoms with E-state index in [9.17, 15) is 4.79 Å². The first-order valence-electron chi connectivity index (χ1n) is 5.05. The molecule has 0 aliphatic carbocycles. The molecule has 1 aromatic rings. The van der Waals surface area contributed by atoms with Gasteiger partial charge in [0.25, 0.3) is 0 Å². The summed E-state index contributed by atoms with van der Waals surface area (Å²) in [6.07, 6.45) is 0.479. The van der Waals surface area contributed by atoms with Crippen molar-refractivity contribution in [1.82, 2.24) is 0 Å². The van der Waals surface area contributed by atoms with Gasteiger partial charge in [-0.3, -0.25) is 4.79 Å². The Morgan fingerprint density at radius 3 is 2.94 bits per heavy atom. The third kappa shape index (κ3) is 4.63. The lowest BCUT2D eigenvalue weighted by Crippen LogP contribution is -2.36. The highest BCUT2D eigenvalue weighted by atomic mass is 79.9. The number of ether oxygens (including phenoxy) is 1. The van der Waals surface area contributed by atoms with Gasteiger partial charge in [0.15, 0.2) is 0 Å². The molecule has 1 rings (SSSR count). The number of hydrogen-bond donors (Lipinski definition) is 2. The normalized spacial score (nSPS) is 12.2. The molecule has 0 aliphatic rings. The summed E-state index contributed by atoms with van der Waals surface area (Å²) in [7, 11) is 1.57. The maximum atomic E-state index is 11.7. The van der Waals surface area contributed by atoms with Gasteiger partial charge in [0, 0.05) is 23.9 Å². The fraction of sp³-hybridized carbons (Fsp3) is 0.364. The van der Waals surface area contributed by atoms with E-state index in [1.165, 1.54) is 0 Å². The Bertz CT molecular complexity index is 401. The molecule has 0 heterocycles. The molecule has 3 N–H and O–H groups in total. The molecule has 0 saturated carbocycles. The van der Waals surface area contributed by atoms with Crippen LogP contribution in [0.3, 0.4) is 0 Å². The Morgan fingerprint density at radius 1 is 1.65 bits per heavy atom. The first-order valence-corrected chi connectivity index (χ1v) is 6.22. The van der Waals surface area contributed by atoms with E-state index in [0.717, 1.165) is 4.47 Å². The minimum Gasteiger partial charge on any atom is -0.385 e. The number of benzene rings is 1. The Morgan fingerprint density at radius 2 is 2.35 bits per heavy atom. The van der Waals surface area contributed by atoms with Crippen molar-refractivity contribution in [1.29, 1.82) is 0 Å². The number of anilines is 1. The average Bonchev–Trinajstić information content (AvgIpc) is 2.30. The fourth-order valence-electron chi connectivity index (χ4n) is 1.18. The van der Waals surface area contributed by atoms with Crippen molar-refractivity contribution in [3.05, 3.63) is 27.7 Å². The second-order valence-corrected chi connectivity index (χ2v) is 4.77. The van der Waals surface area contributed by atoms with Gasteiger partial charge in [-0.2, -0.15) is 0 Å². The number of methoxy groups -OCH3 is 1. The minimum atomic E-state index is -0.586. The average molecular weight is 322 g/mol. The van der Waals surface area contributed by atoms with Gasteiger partial charge >= 0.3 is 0 Å². The molecule has 0 spiro atoms. The van der Waals surface area contributed by atoms with Crippen LogP contribution in [0.15, 0.2) is 22.7 Å². The number of nitrogens with two attached hydrogens (primary N) is 1. The predicted molar refractivity (Wildman–Crippen MR) is 72.3 cm³/mol. The van der Waals surface area contributed by atoms with E-state index in [2.05, 4.69) is 21.2 Å². The molecule has 94 valence electrons. The van der Waals surface area contributed by atoms with E-state index >= 15 is 0 Å². The summed E-state index contributed by atoms with van der Waals surface area (Å²) in [4.78, 5) is 11.7. The van der Waals surface area contributed by atoms with Crippen molar-refractivity contribution in [2.45, 2.75) is 12.5 Å². The van der Waals surface area contributed by atoms with Gasteiger partial charge < -0.3 is 15.8 Å². The second-order valence-electron chi connectivity index (χ2n) is 3.51.